The van der Waals surface area contributed by atoms with Crippen molar-refractivity contribution in [3.05, 3.63) is 66.0 Å². The van der Waals surface area contributed by atoms with Crippen LogP contribution in [0.2, 0.25) is 0 Å². The largest absolute Gasteiger partial charge is 0.394 e. The van der Waals surface area contributed by atoms with Crippen molar-refractivity contribution in [2.75, 3.05) is 11.9 Å². The Labute approximate surface area is 116 Å². The molecule has 2 rings (SSSR count). The number of amides is 2. The standard InChI is InChI=1S/C15H15FN2O2/c16-12-7-4-8-13(9-12)17-15(20)18-14(10-19)11-5-2-1-3-6-11/h1-9,14,19H,10H2,(H2,17,18,20)/t14-/m1/s1. The molecule has 104 valence electrons. The van der Waals surface area contributed by atoms with Gasteiger partial charge in [-0.05, 0) is 23.8 Å². The van der Waals surface area contributed by atoms with Gasteiger partial charge in [-0.2, -0.15) is 0 Å². The highest BCUT2D eigenvalue weighted by molar-refractivity contribution is 5.89. The van der Waals surface area contributed by atoms with Crippen molar-refractivity contribution in [3.8, 4) is 0 Å². The maximum atomic E-state index is 13.0. The molecule has 0 aliphatic rings. The highest BCUT2D eigenvalue weighted by Crippen LogP contribution is 2.13. The fourth-order valence-electron chi connectivity index (χ4n) is 1.81. The number of hydrogen-bond acceptors (Lipinski definition) is 2. The van der Waals surface area contributed by atoms with E-state index in [9.17, 15) is 14.3 Å². The topological polar surface area (TPSA) is 61.4 Å². The highest BCUT2D eigenvalue weighted by Gasteiger charge is 2.13. The molecular weight excluding hydrogens is 259 g/mol. The summed E-state index contributed by atoms with van der Waals surface area (Å²) < 4.78 is 13.0. The molecule has 0 saturated heterocycles. The van der Waals surface area contributed by atoms with Crippen LogP contribution in [-0.4, -0.2) is 17.7 Å². The molecule has 0 spiro atoms. The van der Waals surface area contributed by atoms with Crippen LogP contribution in [0.25, 0.3) is 0 Å². The number of anilines is 1. The summed E-state index contributed by atoms with van der Waals surface area (Å²) in [6.07, 6.45) is 0. The molecule has 0 radical (unpaired) electrons. The second-order valence-electron chi connectivity index (χ2n) is 4.25. The molecule has 5 heteroatoms. The van der Waals surface area contributed by atoms with Crippen LogP contribution >= 0.6 is 0 Å². The van der Waals surface area contributed by atoms with Crippen molar-refractivity contribution < 1.29 is 14.3 Å². The molecule has 0 aliphatic carbocycles. The monoisotopic (exact) mass is 274 g/mol. The van der Waals surface area contributed by atoms with Crippen LogP contribution in [0.4, 0.5) is 14.9 Å². The van der Waals surface area contributed by atoms with Gasteiger partial charge in [-0.3, -0.25) is 0 Å². The molecule has 4 nitrogen and oxygen atoms in total. The van der Waals surface area contributed by atoms with Crippen LogP contribution in [0, 0.1) is 5.82 Å². The Morgan fingerprint density at radius 3 is 2.55 bits per heavy atom. The Balaban J connectivity index is 2.00. The summed E-state index contributed by atoms with van der Waals surface area (Å²) >= 11 is 0. The molecule has 0 bridgehead atoms. The van der Waals surface area contributed by atoms with Crippen LogP contribution < -0.4 is 10.6 Å². The maximum absolute atomic E-state index is 13.0. The SMILES string of the molecule is O=C(Nc1cccc(F)c1)N[C@H](CO)c1ccccc1. The van der Waals surface area contributed by atoms with E-state index in [0.29, 0.717) is 5.69 Å². The van der Waals surface area contributed by atoms with Crippen molar-refractivity contribution >= 4 is 11.7 Å². The van der Waals surface area contributed by atoms with E-state index >= 15 is 0 Å². The number of aliphatic hydroxyl groups excluding tert-OH is 1. The molecule has 2 amide bonds. The van der Waals surface area contributed by atoms with Crippen LogP contribution in [0.3, 0.4) is 0 Å². The molecule has 1 atom stereocenters. The zero-order valence-corrected chi connectivity index (χ0v) is 10.7. The van der Waals surface area contributed by atoms with E-state index in [1.165, 1.54) is 18.2 Å². The zero-order valence-electron chi connectivity index (χ0n) is 10.7. The summed E-state index contributed by atoms with van der Waals surface area (Å²) in [6.45, 7) is -0.222. The van der Waals surface area contributed by atoms with Gasteiger partial charge in [0.15, 0.2) is 0 Å². The lowest BCUT2D eigenvalue weighted by atomic mass is 10.1. The molecule has 0 aliphatic heterocycles. The lowest BCUT2D eigenvalue weighted by Crippen LogP contribution is -2.34. The average Bonchev–Trinajstić information content (AvgIpc) is 2.45. The first kappa shape index (κ1) is 14.0. The second-order valence-corrected chi connectivity index (χ2v) is 4.25. The van der Waals surface area contributed by atoms with Crippen LogP contribution in [-0.2, 0) is 0 Å². The molecule has 3 N–H and O–H groups in total. The molecule has 0 aromatic heterocycles. The average molecular weight is 274 g/mol. The first-order valence-corrected chi connectivity index (χ1v) is 6.18. The number of carbonyl (C=O) groups excluding carboxylic acids is 1. The number of hydrogen-bond donors (Lipinski definition) is 3. The van der Waals surface area contributed by atoms with Gasteiger partial charge in [0.05, 0.1) is 12.6 Å². The van der Waals surface area contributed by atoms with Crippen molar-refractivity contribution in [2.45, 2.75) is 6.04 Å². The Hall–Kier alpha value is -2.40. The Morgan fingerprint density at radius 1 is 1.15 bits per heavy atom. The maximum Gasteiger partial charge on any atom is 0.319 e. The van der Waals surface area contributed by atoms with Crippen molar-refractivity contribution in [1.29, 1.82) is 0 Å². The third-order valence-corrected chi connectivity index (χ3v) is 2.77. The minimum Gasteiger partial charge on any atom is -0.394 e. The van der Waals surface area contributed by atoms with Gasteiger partial charge in [0.25, 0.3) is 0 Å². The highest BCUT2D eigenvalue weighted by atomic mass is 19.1. The predicted octanol–water partition coefficient (Wildman–Crippen LogP) is 2.68. The van der Waals surface area contributed by atoms with Crippen LogP contribution in [0.5, 0.6) is 0 Å². The summed E-state index contributed by atoms with van der Waals surface area (Å²) in [5.41, 5.74) is 1.15. The molecule has 2 aromatic carbocycles. The molecular formula is C15H15FN2O2. The quantitative estimate of drug-likeness (QED) is 0.802. The van der Waals surface area contributed by atoms with E-state index in [1.807, 2.05) is 30.3 Å². The van der Waals surface area contributed by atoms with Crippen LogP contribution in [0.15, 0.2) is 54.6 Å². The van der Waals surface area contributed by atoms with Gasteiger partial charge in [0.1, 0.15) is 5.82 Å². The van der Waals surface area contributed by atoms with Gasteiger partial charge in [0, 0.05) is 5.69 Å². The van der Waals surface area contributed by atoms with Crippen LogP contribution in [0.1, 0.15) is 11.6 Å². The van der Waals surface area contributed by atoms with Crippen molar-refractivity contribution in [3.63, 3.8) is 0 Å². The minimum atomic E-state index is -0.509. The fourth-order valence-corrected chi connectivity index (χ4v) is 1.81. The van der Waals surface area contributed by atoms with Crippen molar-refractivity contribution in [2.24, 2.45) is 0 Å². The first-order valence-electron chi connectivity index (χ1n) is 6.18. The third kappa shape index (κ3) is 3.80. The number of carbonyl (C=O) groups is 1. The molecule has 2 aromatic rings. The molecule has 0 heterocycles. The number of aliphatic hydroxyl groups is 1. The van der Waals surface area contributed by atoms with Crippen molar-refractivity contribution in [1.82, 2.24) is 5.32 Å². The normalized spacial score (nSPS) is 11.7. The minimum absolute atomic E-state index is 0.222. The number of urea groups is 1. The fraction of sp³-hybridized carbons (Fsp3) is 0.133. The number of halogens is 1. The first-order chi connectivity index (χ1) is 9.69. The number of nitrogens with one attached hydrogen (secondary N) is 2. The van der Waals surface area contributed by atoms with Gasteiger partial charge in [-0.25, -0.2) is 9.18 Å². The van der Waals surface area contributed by atoms with Gasteiger partial charge in [-0.15, -0.1) is 0 Å². The van der Waals surface area contributed by atoms with Gasteiger partial charge in [-0.1, -0.05) is 36.4 Å². The molecule has 0 unspecified atom stereocenters. The van der Waals surface area contributed by atoms with E-state index in [4.69, 9.17) is 0 Å². The smallest absolute Gasteiger partial charge is 0.319 e. The van der Waals surface area contributed by atoms with E-state index in [2.05, 4.69) is 10.6 Å². The lowest BCUT2D eigenvalue weighted by Gasteiger charge is -2.17. The summed E-state index contributed by atoms with van der Waals surface area (Å²) in [7, 11) is 0. The summed E-state index contributed by atoms with van der Waals surface area (Å²) in [6, 6.07) is 13.7. The lowest BCUT2D eigenvalue weighted by molar-refractivity contribution is 0.225. The van der Waals surface area contributed by atoms with Gasteiger partial charge >= 0.3 is 6.03 Å². The number of rotatable bonds is 4. The summed E-state index contributed by atoms with van der Waals surface area (Å²) in [5, 5.41) is 14.5. The van der Waals surface area contributed by atoms with Gasteiger partial charge < -0.3 is 15.7 Å². The molecule has 0 saturated carbocycles. The second kappa shape index (κ2) is 6.68. The van der Waals surface area contributed by atoms with E-state index in [-0.39, 0.29) is 6.61 Å². The van der Waals surface area contributed by atoms with E-state index in [0.717, 1.165) is 5.56 Å². The summed E-state index contributed by atoms with van der Waals surface area (Å²) in [5.74, 6) is -0.426. The van der Waals surface area contributed by atoms with E-state index in [1.54, 1.807) is 6.07 Å². The third-order valence-electron chi connectivity index (χ3n) is 2.77. The molecule has 0 fully saturated rings. The Kier molecular flexibility index (Phi) is 4.68. The number of benzene rings is 2. The Bertz CT molecular complexity index is 575. The van der Waals surface area contributed by atoms with E-state index < -0.39 is 17.9 Å². The predicted molar refractivity (Wildman–Crippen MR) is 74.8 cm³/mol. The van der Waals surface area contributed by atoms with Gasteiger partial charge in [0.2, 0.25) is 0 Å². The Morgan fingerprint density at radius 2 is 1.90 bits per heavy atom. The zero-order chi connectivity index (χ0) is 14.4. The molecule has 20 heavy (non-hydrogen) atoms. The summed E-state index contributed by atoms with van der Waals surface area (Å²) in [4.78, 5) is 11.8.